The van der Waals surface area contributed by atoms with Crippen LogP contribution in [0.5, 0.6) is 0 Å². The average molecular weight is 222 g/mol. The van der Waals surface area contributed by atoms with Gasteiger partial charge in [0.1, 0.15) is 5.65 Å². The van der Waals surface area contributed by atoms with Crippen molar-refractivity contribution in [3.05, 3.63) is 48.5 Å². The quantitative estimate of drug-likeness (QED) is 0.458. The molecule has 0 bridgehead atoms. The predicted molar refractivity (Wildman–Crippen MR) is 66.2 cm³/mol. The summed E-state index contributed by atoms with van der Waals surface area (Å²) in [6.07, 6.45) is 7.56. The number of imidazole rings is 2. The Labute approximate surface area is 97.2 Å². The molecule has 3 heterocycles. The molecule has 0 spiro atoms. The normalized spacial score (nSPS) is 11.8. The van der Waals surface area contributed by atoms with Crippen LogP contribution in [-0.4, -0.2) is 18.8 Å². The minimum atomic E-state index is 0.899. The fourth-order valence-corrected chi connectivity index (χ4v) is 2.46. The van der Waals surface area contributed by atoms with Crippen molar-refractivity contribution in [3.8, 4) is 0 Å². The Hall–Kier alpha value is -2.36. The van der Waals surface area contributed by atoms with Crippen molar-refractivity contribution in [3.63, 3.8) is 0 Å². The van der Waals surface area contributed by atoms with Crippen LogP contribution in [0.3, 0.4) is 0 Å². The number of benzene rings is 1. The molecule has 0 N–H and O–H groups in total. The third kappa shape index (κ3) is 0.970. The molecular weight excluding hydrogens is 212 g/mol. The van der Waals surface area contributed by atoms with E-state index in [0.29, 0.717) is 0 Å². The van der Waals surface area contributed by atoms with Crippen LogP contribution < -0.4 is 0 Å². The van der Waals surface area contributed by atoms with Crippen LogP contribution in [0.1, 0.15) is 5.56 Å². The number of aromatic nitrogens is 4. The molecule has 4 nitrogen and oxygen atoms in total. The van der Waals surface area contributed by atoms with Crippen LogP contribution in [-0.2, 0) is 0 Å². The Bertz CT molecular complexity index is 854. The Balaban J connectivity index is 2.51. The molecule has 0 saturated heterocycles. The monoisotopic (exact) mass is 222 g/mol. The Kier molecular flexibility index (Phi) is 1.47. The summed E-state index contributed by atoms with van der Waals surface area (Å²) in [5.41, 5.74) is 3.35. The molecule has 0 saturated carbocycles. The summed E-state index contributed by atoms with van der Waals surface area (Å²) < 4.78 is 4.12. The van der Waals surface area contributed by atoms with Gasteiger partial charge in [-0.3, -0.25) is 8.80 Å². The van der Waals surface area contributed by atoms with Gasteiger partial charge in [-0.1, -0.05) is 12.1 Å². The van der Waals surface area contributed by atoms with Gasteiger partial charge in [-0.15, -0.1) is 0 Å². The first-order chi connectivity index (χ1) is 8.36. The van der Waals surface area contributed by atoms with Gasteiger partial charge in [-0.05, 0) is 18.6 Å². The van der Waals surface area contributed by atoms with E-state index in [1.165, 1.54) is 10.9 Å². The molecule has 82 valence electrons. The molecule has 4 heteroatoms. The number of hydrogen-bond donors (Lipinski definition) is 0. The van der Waals surface area contributed by atoms with Crippen LogP contribution in [0.15, 0.2) is 43.0 Å². The molecule has 4 rings (SSSR count). The van der Waals surface area contributed by atoms with Gasteiger partial charge in [0.05, 0.1) is 5.52 Å². The van der Waals surface area contributed by atoms with Crippen molar-refractivity contribution >= 4 is 22.3 Å². The summed E-state index contributed by atoms with van der Waals surface area (Å²) in [5, 5.41) is 1.18. The highest BCUT2D eigenvalue weighted by Gasteiger charge is 2.10. The van der Waals surface area contributed by atoms with E-state index >= 15 is 0 Å². The Morgan fingerprint density at radius 3 is 2.76 bits per heavy atom. The largest absolute Gasteiger partial charge is 0.285 e. The minimum absolute atomic E-state index is 0.899. The van der Waals surface area contributed by atoms with Crippen LogP contribution in [0.4, 0.5) is 0 Å². The first-order valence-corrected chi connectivity index (χ1v) is 5.54. The van der Waals surface area contributed by atoms with Gasteiger partial charge < -0.3 is 0 Å². The SMILES string of the molecule is Cc1cccc2c1c1nccn1c1nccn21. The second-order valence-corrected chi connectivity index (χ2v) is 4.19. The van der Waals surface area contributed by atoms with E-state index in [1.807, 2.05) is 29.2 Å². The topological polar surface area (TPSA) is 34.6 Å². The maximum Gasteiger partial charge on any atom is 0.220 e. The molecule has 3 aromatic heterocycles. The first kappa shape index (κ1) is 8.75. The lowest BCUT2D eigenvalue weighted by Gasteiger charge is -2.07. The predicted octanol–water partition coefficient (Wildman–Crippen LogP) is 2.44. The Morgan fingerprint density at radius 2 is 1.82 bits per heavy atom. The Morgan fingerprint density at radius 1 is 1.00 bits per heavy atom. The number of nitrogens with zero attached hydrogens (tertiary/aromatic N) is 4. The van der Waals surface area contributed by atoms with Crippen LogP contribution >= 0.6 is 0 Å². The van der Waals surface area contributed by atoms with Crippen molar-refractivity contribution < 1.29 is 0 Å². The molecule has 0 unspecified atom stereocenters. The number of hydrogen-bond acceptors (Lipinski definition) is 2. The van der Waals surface area contributed by atoms with Crippen molar-refractivity contribution in [2.75, 3.05) is 0 Å². The highest BCUT2D eigenvalue weighted by Crippen LogP contribution is 2.24. The van der Waals surface area contributed by atoms with Crippen LogP contribution in [0.25, 0.3) is 22.3 Å². The molecule has 0 aliphatic carbocycles. The zero-order chi connectivity index (χ0) is 11.4. The minimum Gasteiger partial charge on any atom is -0.285 e. The summed E-state index contributed by atoms with van der Waals surface area (Å²) >= 11 is 0. The number of rotatable bonds is 0. The van der Waals surface area contributed by atoms with E-state index in [0.717, 1.165) is 16.9 Å². The van der Waals surface area contributed by atoms with Gasteiger partial charge in [-0.25, -0.2) is 9.97 Å². The van der Waals surface area contributed by atoms with Gasteiger partial charge in [0, 0.05) is 30.2 Å². The van der Waals surface area contributed by atoms with Crippen molar-refractivity contribution in [2.24, 2.45) is 0 Å². The van der Waals surface area contributed by atoms with Gasteiger partial charge in [-0.2, -0.15) is 0 Å². The lowest BCUT2D eigenvalue weighted by Crippen LogP contribution is -1.97. The summed E-state index contributed by atoms with van der Waals surface area (Å²) in [4.78, 5) is 8.83. The van der Waals surface area contributed by atoms with Crippen molar-refractivity contribution in [2.45, 2.75) is 6.92 Å². The smallest absolute Gasteiger partial charge is 0.220 e. The van der Waals surface area contributed by atoms with E-state index in [1.54, 1.807) is 0 Å². The second-order valence-electron chi connectivity index (χ2n) is 4.19. The van der Waals surface area contributed by atoms with E-state index in [-0.39, 0.29) is 0 Å². The standard InChI is InChI=1S/C13H10N4/c1-9-3-2-4-10-11(9)12-14-5-8-17(12)13-15-6-7-16(10)13/h2-8H,1H3. The van der Waals surface area contributed by atoms with Crippen LogP contribution in [0.2, 0.25) is 0 Å². The van der Waals surface area contributed by atoms with E-state index < -0.39 is 0 Å². The lowest BCUT2D eigenvalue weighted by molar-refractivity contribution is 1.10. The van der Waals surface area contributed by atoms with Crippen molar-refractivity contribution in [1.29, 1.82) is 0 Å². The molecule has 1 aromatic carbocycles. The summed E-state index contributed by atoms with van der Waals surface area (Å²) in [6, 6.07) is 6.28. The van der Waals surface area contributed by atoms with Crippen LogP contribution in [0, 0.1) is 6.92 Å². The molecule has 0 aliphatic rings. The zero-order valence-corrected chi connectivity index (χ0v) is 9.33. The molecule has 0 fully saturated rings. The van der Waals surface area contributed by atoms with E-state index in [4.69, 9.17) is 0 Å². The molecule has 4 aromatic rings. The maximum atomic E-state index is 4.45. The highest BCUT2D eigenvalue weighted by molar-refractivity contribution is 5.96. The third-order valence-electron chi connectivity index (χ3n) is 3.21. The second kappa shape index (κ2) is 2.85. The maximum absolute atomic E-state index is 4.45. The third-order valence-corrected chi connectivity index (χ3v) is 3.21. The first-order valence-electron chi connectivity index (χ1n) is 5.54. The van der Waals surface area contributed by atoms with Gasteiger partial charge in [0.15, 0.2) is 0 Å². The fourth-order valence-electron chi connectivity index (χ4n) is 2.46. The molecule has 0 amide bonds. The van der Waals surface area contributed by atoms with Gasteiger partial charge in [0.25, 0.3) is 0 Å². The summed E-state index contributed by atoms with van der Waals surface area (Å²) in [5.74, 6) is 0.899. The molecule has 0 atom stereocenters. The molecular formula is C13H10N4. The highest BCUT2D eigenvalue weighted by atomic mass is 15.2. The van der Waals surface area contributed by atoms with E-state index in [2.05, 4.69) is 39.5 Å². The van der Waals surface area contributed by atoms with E-state index in [9.17, 15) is 0 Å². The zero-order valence-electron chi connectivity index (χ0n) is 9.33. The summed E-state index contributed by atoms with van der Waals surface area (Å²) in [6.45, 7) is 2.11. The summed E-state index contributed by atoms with van der Waals surface area (Å²) in [7, 11) is 0. The molecule has 0 radical (unpaired) electrons. The lowest BCUT2D eigenvalue weighted by atomic mass is 10.1. The molecule has 0 aliphatic heterocycles. The average Bonchev–Trinajstić information content (AvgIpc) is 2.97. The van der Waals surface area contributed by atoms with Gasteiger partial charge >= 0.3 is 0 Å². The number of aryl methyl sites for hydroxylation is 1. The van der Waals surface area contributed by atoms with Gasteiger partial charge in [0.2, 0.25) is 5.78 Å². The molecule has 17 heavy (non-hydrogen) atoms. The van der Waals surface area contributed by atoms with Crippen molar-refractivity contribution in [1.82, 2.24) is 18.8 Å². The fraction of sp³-hybridized carbons (Fsp3) is 0.0769. The number of fused-ring (bicyclic) bond motifs is 6.